The number of nitrogens with zero attached hydrogens (tertiary/aromatic N) is 1. The van der Waals surface area contributed by atoms with Crippen LogP contribution in [-0.2, 0) is 6.42 Å². The molecule has 0 saturated carbocycles. The molecule has 0 aliphatic carbocycles. The Hall–Kier alpha value is -1.35. The van der Waals surface area contributed by atoms with Crippen LogP contribution in [0.3, 0.4) is 0 Å². The lowest BCUT2D eigenvalue weighted by Gasteiger charge is -2.21. The molecule has 2 N–H and O–H groups in total. The summed E-state index contributed by atoms with van der Waals surface area (Å²) in [6, 6.07) is 7.93. The first-order chi connectivity index (χ1) is 10.1. The minimum absolute atomic E-state index is 0.179. The molecular weight excluding hydrogens is 260 g/mol. The maximum atomic E-state index is 12.6. The summed E-state index contributed by atoms with van der Waals surface area (Å²) in [5.74, 6) is 1.66. The third kappa shape index (κ3) is 4.31. The molecule has 3 heteroatoms. The summed E-state index contributed by atoms with van der Waals surface area (Å²) in [7, 11) is 0. The number of hydrogen-bond acceptors (Lipinski definition) is 2. The molecule has 1 atom stereocenters. The summed E-state index contributed by atoms with van der Waals surface area (Å²) in [5.41, 5.74) is 7.56. The van der Waals surface area contributed by atoms with Gasteiger partial charge in [-0.3, -0.25) is 4.79 Å². The van der Waals surface area contributed by atoms with Crippen molar-refractivity contribution in [3.8, 4) is 0 Å². The smallest absolute Gasteiger partial charge is 0.253 e. The van der Waals surface area contributed by atoms with Gasteiger partial charge in [-0.05, 0) is 61.8 Å². The van der Waals surface area contributed by atoms with Gasteiger partial charge in [0, 0.05) is 18.7 Å². The van der Waals surface area contributed by atoms with E-state index in [1.165, 1.54) is 12.0 Å². The zero-order valence-electron chi connectivity index (χ0n) is 13.3. The Morgan fingerprint density at radius 1 is 1.24 bits per heavy atom. The molecule has 2 rings (SSSR count). The van der Waals surface area contributed by atoms with E-state index in [9.17, 15) is 4.79 Å². The quantitative estimate of drug-likeness (QED) is 0.925. The minimum atomic E-state index is 0.179. The van der Waals surface area contributed by atoms with Crippen molar-refractivity contribution in [2.45, 2.75) is 39.5 Å². The zero-order chi connectivity index (χ0) is 15.2. The van der Waals surface area contributed by atoms with Crippen molar-refractivity contribution >= 4 is 5.91 Å². The van der Waals surface area contributed by atoms with Gasteiger partial charge in [0.05, 0.1) is 0 Å². The topological polar surface area (TPSA) is 46.3 Å². The molecule has 1 amide bonds. The summed E-state index contributed by atoms with van der Waals surface area (Å²) in [5, 5.41) is 0. The average Bonchev–Trinajstić information content (AvgIpc) is 2.73. The molecule has 1 aliphatic rings. The van der Waals surface area contributed by atoms with E-state index >= 15 is 0 Å². The summed E-state index contributed by atoms with van der Waals surface area (Å²) in [6.45, 7) is 7.02. The van der Waals surface area contributed by atoms with Crippen LogP contribution in [0.15, 0.2) is 24.3 Å². The number of hydrogen-bond donors (Lipinski definition) is 1. The highest BCUT2D eigenvalue weighted by atomic mass is 16.2. The van der Waals surface area contributed by atoms with Crippen LogP contribution < -0.4 is 5.73 Å². The molecule has 0 bridgehead atoms. The fourth-order valence-electron chi connectivity index (χ4n) is 3.16. The highest BCUT2D eigenvalue weighted by Gasteiger charge is 2.22. The molecule has 0 radical (unpaired) electrons. The summed E-state index contributed by atoms with van der Waals surface area (Å²) in [4.78, 5) is 14.6. The van der Waals surface area contributed by atoms with Crippen LogP contribution in [0.5, 0.6) is 0 Å². The number of likely N-dealkylation sites (tertiary alicyclic amines) is 1. The van der Waals surface area contributed by atoms with E-state index in [1.54, 1.807) is 0 Å². The van der Waals surface area contributed by atoms with Crippen LogP contribution in [0.2, 0.25) is 0 Å². The Morgan fingerprint density at radius 2 is 1.95 bits per heavy atom. The first kappa shape index (κ1) is 16.0. The van der Waals surface area contributed by atoms with Crippen molar-refractivity contribution in [3.05, 3.63) is 35.4 Å². The number of nitrogens with two attached hydrogens (primary N) is 1. The highest BCUT2D eigenvalue weighted by molar-refractivity contribution is 5.94. The van der Waals surface area contributed by atoms with E-state index in [0.717, 1.165) is 49.8 Å². The van der Waals surface area contributed by atoms with E-state index in [2.05, 4.69) is 13.8 Å². The third-order valence-electron chi connectivity index (χ3n) is 4.64. The van der Waals surface area contributed by atoms with Gasteiger partial charge in [-0.25, -0.2) is 0 Å². The second-order valence-electron chi connectivity index (χ2n) is 6.46. The van der Waals surface area contributed by atoms with E-state index in [0.29, 0.717) is 6.54 Å². The van der Waals surface area contributed by atoms with Gasteiger partial charge >= 0.3 is 0 Å². The second kappa shape index (κ2) is 7.60. The minimum Gasteiger partial charge on any atom is -0.339 e. The molecule has 1 heterocycles. The van der Waals surface area contributed by atoms with E-state index in [1.807, 2.05) is 29.2 Å². The predicted molar refractivity (Wildman–Crippen MR) is 87.3 cm³/mol. The van der Waals surface area contributed by atoms with Crippen molar-refractivity contribution < 1.29 is 4.79 Å². The predicted octanol–water partition coefficient (Wildman–Crippen LogP) is 3.09. The van der Waals surface area contributed by atoms with Gasteiger partial charge in [-0.2, -0.15) is 0 Å². The maximum Gasteiger partial charge on any atom is 0.253 e. The van der Waals surface area contributed by atoms with Crippen molar-refractivity contribution in [3.63, 3.8) is 0 Å². The SMILES string of the molecule is CC(C)C1CCCN(C(=O)c2ccc(CCN)cc2)CC1. The largest absolute Gasteiger partial charge is 0.339 e. The first-order valence-corrected chi connectivity index (χ1v) is 8.20. The van der Waals surface area contributed by atoms with Gasteiger partial charge < -0.3 is 10.6 Å². The summed E-state index contributed by atoms with van der Waals surface area (Å²) < 4.78 is 0. The molecule has 0 spiro atoms. The molecule has 0 aromatic heterocycles. The van der Waals surface area contributed by atoms with Gasteiger partial charge in [0.1, 0.15) is 0 Å². The average molecular weight is 288 g/mol. The molecule has 1 aromatic rings. The van der Waals surface area contributed by atoms with Gasteiger partial charge in [-0.15, -0.1) is 0 Å². The summed E-state index contributed by atoms with van der Waals surface area (Å²) >= 11 is 0. The Morgan fingerprint density at radius 3 is 2.57 bits per heavy atom. The fraction of sp³-hybridized carbons (Fsp3) is 0.611. The summed E-state index contributed by atoms with van der Waals surface area (Å²) in [6.07, 6.45) is 4.37. The Bertz CT molecular complexity index is 453. The van der Waals surface area contributed by atoms with Gasteiger partial charge in [0.2, 0.25) is 0 Å². The van der Waals surface area contributed by atoms with Crippen LogP contribution in [-0.4, -0.2) is 30.4 Å². The molecule has 1 saturated heterocycles. The fourth-order valence-corrected chi connectivity index (χ4v) is 3.16. The lowest BCUT2D eigenvalue weighted by Crippen LogP contribution is -2.32. The lowest BCUT2D eigenvalue weighted by atomic mass is 9.89. The van der Waals surface area contributed by atoms with Gasteiger partial charge in [-0.1, -0.05) is 26.0 Å². The normalized spacial score (nSPS) is 19.6. The van der Waals surface area contributed by atoms with Crippen molar-refractivity contribution in [2.24, 2.45) is 17.6 Å². The van der Waals surface area contributed by atoms with E-state index < -0.39 is 0 Å². The number of rotatable bonds is 4. The molecule has 21 heavy (non-hydrogen) atoms. The van der Waals surface area contributed by atoms with Crippen LogP contribution in [0.1, 0.15) is 49.0 Å². The Kier molecular flexibility index (Phi) is 5.80. The second-order valence-corrected chi connectivity index (χ2v) is 6.46. The van der Waals surface area contributed by atoms with E-state index in [-0.39, 0.29) is 5.91 Å². The number of amides is 1. The Balaban J connectivity index is 1.99. The molecular formula is C18H28N2O. The standard InChI is InChI=1S/C18H28N2O/c1-14(2)16-4-3-12-20(13-10-16)18(21)17-7-5-15(6-8-17)9-11-19/h5-8,14,16H,3-4,9-13,19H2,1-2H3. The van der Waals surface area contributed by atoms with Crippen LogP contribution in [0.4, 0.5) is 0 Å². The highest BCUT2D eigenvalue weighted by Crippen LogP contribution is 2.25. The van der Waals surface area contributed by atoms with Crippen LogP contribution >= 0.6 is 0 Å². The maximum absolute atomic E-state index is 12.6. The lowest BCUT2D eigenvalue weighted by molar-refractivity contribution is 0.0759. The molecule has 116 valence electrons. The van der Waals surface area contributed by atoms with Crippen LogP contribution in [0, 0.1) is 11.8 Å². The molecule has 1 aliphatic heterocycles. The zero-order valence-corrected chi connectivity index (χ0v) is 13.3. The first-order valence-electron chi connectivity index (χ1n) is 8.20. The van der Waals surface area contributed by atoms with E-state index in [4.69, 9.17) is 5.73 Å². The molecule has 1 unspecified atom stereocenters. The molecule has 1 fully saturated rings. The monoisotopic (exact) mass is 288 g/mol. The van der Waals surface area contributed by atoms with Crippen LogP contribution in [0.25, 0.3) is 0 Å². The van der Waals surface area contributed by atoms with Crippen molar-refractivity contribution in [1.82, 2.24) is 4.90 Å². The third-order valence-corrected chi connectivity index (χ3v) is 4.64. The Labute approximate surface area is 128 Å². The van der Waals surface area contributed by atoms with Gasteiger partial charge in [0.15, 0.2) is 0 Å². The van der Waals surface area contributed by atoms with Crippen molar-refractivity contribution in [1.29, 1.82) is 0 Å². The number of carbonyl (C=O) groups is 1. The molecule has 3 nitrogen and oxygen atoms in total. The van der Waals surface area contributed by atoms with Crippen molar-refractivity contribution in [2.75, 3.05) is 19.6 Å². The number of benzene rings is 1. The molecule has 1 aromatic carbocycles. The van der Waals surface area contributed by atoms with Gasteiger partial charge in [0.25, 0.3) is 5.91 Å². The number of carbonyl (C=O) groups excluding carboxylic acids is 1.